The van der Waals surface area contributed by atoms with E-state index in [1.54, 1.807) is 0 Å². The lowest BCUT2D eigenvalue weighted by Gasteiger charge is -2.25. The predicted molar refractivity (Wildman–Crippen MR) is 74.0 cm³/mol. The second-order valence-corrected chi connectivity index (χ2v) is 8.94. The van der Waals surface area contributed by atoms with Crippen molar-refractivity contribution < 1.29 is 0 Å². The maximum absolute atomic E-state index is 6.08. The minimum Gasteiger partial charge on any atom is -0.399 e. The molecule has 0 unspecified atom stereocenters. The molecule has 0 radical (unpaired) electrons. The molecule has 1 nitrogen and oxygen atoms in total. The predicted octanol–water partition coefficient (Wildman–Crippen LogP) is 2.09. The normalized spacial score (nSPS) is 11.4. The van der Waals surface area contributed by atoms with Crippen LogP contribution < -0.4 is 16.1 Å². The van der Waals surface area contributed by atoms with Gasteiger partial charge in [0.25, 0.3) is 0 Å². The van der Waals surface area contributed by atoms with E-state index in [1.807, 2.05) is 12.1 Å². The van der Waals surface area contributed by atoms with Crippen molar-refractivity contribution in [3.63, 3.8) is 0 Å². The molecule has 2 rings (SSSR count). The highest BCUT2D eigenvalue weighted by molar-refractivity contribution is 7.01. The Hall–Kier alpha value is -1.54. The number of hydrogen-bond acceptors (Lipinski definition) is 1. The van der Waals surface area contributed by atoms with Gasteiger partial charge in [0.1, 0.15) is 8.07 Å². The summed E-state index contributed by atoms with van der Waals surface area (Å²) in [7, 11) is -1.63. The Morgan fingerprint density at radius 1 is 0.812 bits per heavy atom. The van der Waals surface area contributed by atoms with Gasteiger partial charge >= 0.3 is 0 Å². The molecular formula is C14H17NSi. The summed E-state index contributed by atoms with van der Waals surface area (Å²) in [6.45, 7) is 4.68. The number of benzene rings is 2. The van der Waals surface area contributed by atoms with Crippen LogP contribution >= 0.6 is 0 Å². The van der Waals surface area contributed by atoms with Gasteiger partial charge < -0.3 is 5.73 Å². The molecule has 0 aliphatic heterocycles. The first-order chi connectivity index (χ1) is 7.62. The minimum absolute atomic E-state index is 0.919. The molecule has 0 fully saturated rings. The van der Waals surface area contributed by atoms with E-state index in [9.17, 15) is 0 Å². The zero-order valence-corrected chi connectivity index (χ0v) is 10.8. The van der Waals surface area contributed by atoms with Gasteiger partial charge in [-0.3, -0.25) is 0 Å². The molecule has 2 heteroatoms. The van der Waals surface area contributed by atoms with Crippen LogP contribution in [0.25, 0.3) is 0 Å². The standard InChI is InChI=1S/C14H17NSi/c1-16(2,12-8-4-3-5-9-12)14-11-7-6-10-13(14)15/h3-11H,15H2,1-2H3. The van der Waals surface area contributed by atoms with Crippen LogP contribution in [0.5, 0.6) is 0 Å². The lowest BCUT2D eigenvalue weighted by Crippen LogP contribution is -2.53. The molecule has 16 heavy (non-hydrogen) atoms. The molecular weight excluding hydrogens is 210 g/mol. The van der Waals surface area contributed by atoms with E-state index in [1.165, 1.54) is 10.4 Å². The zero-order chi connectivity index (χ0) is 11.6. The smallest absolute Gasteiger partial charge is 0.114 e. The SMILES string of the molecule is C[Si](C)(c1ccccc1)c1ccccc1N. The van der Waals surface area contributed by atoms with E-state index >= 15 is 0 Å². The van der Waals surface area contributed by atoms with Gasteiger partial charge in [-0.15, -0.1) is 0 Å². The molecule has 2 N–H and O–H groups in total. The fraction of sp³-hybridized carbons (Fsp3) is 0.143. The van der Waals surface area contributed by atoms with E-state index in [4.69, 9.17) is 5.73 Å². The van der Waals surface area contributed by atoms with Crippen LogP contribution in [0, 0.1) is 0 Å². The van der Waals surface area contributed by atoms with E-state index in [0.717, 1.165) is 5.69 Å². The Bertz CT molecular complexity index is 477. The van der Waals surface area contributed by atoms with Gasteiger partial charge in [-0.05, 0) is 11.3 Å². The highest BCUT2D eigenvalue weighted by atomic mass is 28.3. The molecule has 0 atom stereocenters. The number of para-hydroxylation sites is 1. The Morgan fingerprint density at radius 2 is 1.38 bits per heavy atom. The third-order valence-electron chi connectivity index (χ3n) is 3.13. The van der Waals surface area contributed by atoms with Gasteiger partial charge in [0, 0.05) is 5.69 Å². The summed E-state index contributed by atoms with van der Waals surface area (Å²) in [4.78, 5) is 0. The van der Waals surface area contributed by atoms with Crippen molar-refractivity contribution in [2.75, 3.05) is 5.73 Å². The maximum atomic E-state index is 6.08. The van der Waals surface area contributed by atoms with Crippen molar-refractivity contribution in [2.24, 2.45) is 0 Å². The van der Waals surface area contributed by atoms with E-state index in [0.29, 0.717) is 0 Å². The Morgan fingerprint density at radius 3 is 2.00 bits per heavy atom. The first-order valence-corrected chi connectivity index (χ1v) is 8.53. The number of nitrogen functional groups attached to an aromatic ring is 1. The quantitative estimate of drug-likeness (QED) is 0.617. The van der Waals surface area contributed by atoms with Crippen molar-refractivity contribution in [2.45, 2.75) is 13.1 Å². The van der Waals surface area contributed by atoms with Crippen molar-refractivity contribution in [1.29, 1.82) is 0 Å². The molecule has 0 heterocycles. The summed E-state index contributed by atoms with van der Waals surface area (Å²) in [5.41, 5.74) is 7.00. The van der Waals surface area contributed by atoms with Crippen LogP contribution in [0.2, 0.25) is 13.1 Å². The third kappa shape index (κ3) is 1.88. The van der Waals surface area contributed by atoms with Gasteiger partial charge in [-0.25, -0.2) is 0 Å². The number of hydrogen-bond donors (Lipinski definition) is 1. The van der Waals surface area contributed by atoms with Crippen LogP contribution in [-0.2, 0) is 0 Å². The molecule has 0 amide bonds. The summed E-state index contributed by atoms with van der Waals surface area (Å²) in [5.74, 6) is 0. The molecule has 0 aliphatic carbocycles. The van der Waals surface area contributed by atoms with Gasteiger partial charge in [-0.2, -0.15) is 0 Å². The van der Waals surface area contributed by atoms with Gasteiger partial charge in [0.2, 0.25) is 0 Å². The number of nitrogens with two attached hydrogens (primary N) is 1. The van der Waals surface area contributed by atoms with Gasteiger partial charge in [0.15, 0.2) is 0 Å². The molecule has 2 aromatic rings. The largest absolute Gasteiger partial charge is 0.399 e. The lowest BCUT2D eigenvalue weighted by atomic mass is 10.3. The zero-order valence-electron chi connectivity index (χ0n) is 9.77. The summed E-state index contributed by atoms with van der Waals surface area (Å²) in [5, 5.41) is 2.74. The summed E-state index contributed by atoms with van der Waals surface area (Å²) in [6.07, 6.45) is 0. The summed E-state index contributed by atoms with van der Waals surface area (Å²) in [6, 6.07) is 18.9. The third-order valence-corrected chi connectivity index (χ3v) is 6.71. The average molecular weight is 227 g/mol. The fourth-order valence-corrected chi connectivity index (χ4v) is 4.73. The fourth-order valence-electron chi connectivity index (χ4n) is 2.08. The van der Waals surface area contributed by atoms with E-state index < -0.39 is 8.07 Å². The summed E-state index contributed by atoms with van der Waals surface area (Å²) >= 11 is 0. The average Bonchev–Trinajstić information content (AvgIpc) is 2.30. The molecule has 0 saturated carbocycles. The number of anilines is 1. The van der Waals surface area contributed by atoms with Crippen molar-refractivity contribution in [1.82, 2.24) is 0 Å². The van der Waals surface area contributed by atoms with Crippen LogP contribution in [0.3, 0.4) is 0 Å². The molecule has 82 valence electrons. The molecule has 0 aliphatic rings. The van der Waals surface area contributed by atoms with Crippen LogP contribution in [0.4, 0.5) is 5.69 Å². The second kappa shape index (κ2) is 4.14. The molecule has 2 aromatic carbocycles. The van der Waals surface area contributed by atoms with Crippen LogP contribution in [0.15, 0.2) is 54.6 Å². The van der Waals surface area contributed by atoms with E-state index in [2.05, 4.69) is 55.6 Å². The lowest BCUT2D eigenvalue weighted by molar-refractivity contribution is 1.66. The Balaban J connectivity index is 2.51. The van der Waals surface area contributed by atoms with E-state index in [-0.39, 0.29) is 0 Å². The highest BCUT2D eigenvalue weighted by Gasteiger charge is 2.27. The minimum atomic E-state index is -1.63. The molecule has 0 spiro atoms. The monoisotopic (exact) mass is 227 g/mol. The van der Waals surface area contributed by atoms with Gasteiger partial charge in [0.05, 0.1) is 0 Å². The van der Waals surface area contributed by atoms with Crippen LogP contribution in [-0.4, -0.2) is 8.07 Å². The first-order valence-electron chi connectivity index (χ1n) is 5.53. The van der Waals surface area contributed by atoms with Gasteiger partial charge in [-0.1, -0.05) is 66.8 Å². The topological polar surface area (TPSA) is 26.0 Å². The van der Waals surface area contributed by atoms with Crippen molar-refractivity contribution >= 4 is 24.1 Å². The second-order valence-electron chi connectivity index (χ2n) is 4.58. The highest BCUT2D eigenvalue weighted by Crippen LogP contribution is 2.09. The van der Waals surface area contributed by atoms with Crippen molar-refractivity contribution in [3.05, 3.63) is 54.6 Å². The number of rotatable bonds is 2. The molecule has 0 aromatic heterocycles. The Kier molecular flexibility index (Phi) is 2.84. The van der Waals surface area contributed by atoms with Crippen molar-refractivity contribution in [3.8, 4) is 0 Å². The van der Waals surface area contributed by atoms with Crippen LogP contribution in [0.1, 0.15) is 0 Å². The molecule has 0 bridgehead atoms. The first kappa shape index (κ1) is 11.0. The maximum Gasteiger partial charge on any atom is 0.114 e. The Labute approximate surface area is 97.9 Å². The summed E-state index contributed by atoms with van der Waals surface area (Å²) < 4.78 is 0. The molecule has 0 saturated heterocycles.